The summed E-state index contributed by atoms with van der Waals surface area (Å²) in [5.74, 6) is -2.64. The number of fused-ring (bicyclic) bond motifs is 1. The Morgan fingerprint density at radius 3 is 2.50 bits per heavy atom. The molecule has 2 heterocycles. The number of aromatic nitrogens is 2. The number of halogens is 5. The first-order valence-corrected chi connectivity index (χ1v) is 8.65. The molecule has 0 fully saturated rings. The predicted molar refractivity (Wildman–Crippen MR) is 95.0 cm³/mol. The maximum absolute atomic E-state index is 13.8. The van der Waals surface area contributed by atoms with Crippen LogP contribution in [0.5, 0.6) is 5.75 Å². The van der Waals surface area contributed by atoms with Gasteiger partial charge in [-0.1, -0.05) is 6.07 Å². The molecule has 2 aromatic heterocycles. The van der Waals surface area contributed by atoms with Gasteiger partial charge in [0.05, 0.1) is 17.9 Å². The van der Waals surface area contributed by atoms with Crippen molar-refractivity contribution < 1.29 is 36.6 Å². The highest BCUT2D eigenvalue weighted by Crippen LogP contribution is 2.25. The lowest BCUT2D eigenvalue weighted by atomic mass is 10.2. The minimum atomic E-state index is -4.84. The average Bonchev–Trinajstić information content (AvgIpc) is 3.01. The molecular weight excluding hydrogens is 413 g/mol. The Hall–Kier alpha value is -3.21. The summed E-state index contributed by atoms with van der Waals surface area (Å²) in [6, 6.07) is 3.78. The Balaban J connectivity index is 1.91. The summed E-state index contributed by atoms with van der Waals surface area (Å²) >= 11 is 0. The van der Waals surface area contributed by atoms with Crippen LogP contribution in [0.4, 0.5) is 22.0 Å². The number of imidazole rings is 1. The van der Waals surface area contributed by atoms with Crippen molar-refractivity contribution in [1.29, 1.82) is 0 Å². The number of nitrogens with zero attached hydrogens (tertiary/aromatic N) is 2. The Morgan fingerprint density at radius 2 is 1.90 bits per heavy atom. The second-order valence-electron chi connectivity index (χ2n) is 6.35. The number of alkyl halides is 3. The zero-order chi connectivity index (χ0) is 22.1. The van der Waals surface area contributed by atoms with E-state index in [0.29, 0.717) is 0 Å². The molecule has 0 bridgehead atoms. The SMILES string of the molecule is Cc1nc2c(OCc3c(F)cccc3F)cccn2c1C(=O)NC(CO)C(F)(F)F. The number of nitrogens with one attached hydrogen (secondary N) is 1. The number of hydrogen-bond acceptors (Lipinski definition) is 4. The summed E-state index contributed by atoms with van der Waals surface area (Å²) < 4.78 is 72.8. The number of carbonyl (C=O) groups excluding carboxylic acids is 1. The van der Waals surface area contributed by atoms with Gasteiger partial charge < -0.3 is 15.2 Å². The lowest BCUT2D eigenvalue weighted by Crippen LogP contribution is -2.48. The zero-order valence-electron chi connectivity index (χ0n) is 15.5. The molecule has 1 amide bonds. The summed E-state index contributed by atoms with van der Waals surface area (Å²) in [5.41, 5.74) is -0.337. The lowest BCUT2D eigenvalue weighted by molar-refractivity contribution is -0.161. The first-order valence-electron chi connectivity index (χ1n) is 8.65. The van der Waals surface area contributed by atoms with Crippen LogP contribution in [-0.4, -0.2) is 39.2 Å². The third-order valence-electron chi connectivity index (χ3n) is 4.32. The van der Waals surface area contributed by atoms with Crippen LogP contribution in [0, 0.1) is 18.6 Å². The first-order chi connectivity index (χ1) is 14.1. The van der Waals surface area contributed by atoms with Gasteiger partial charge in [-0.15, -0.1) is 0 Å². The van der Waals surface area contributed by atoms with E-state index in [0.717, 1.165) is 12.1 Å². The Labute approximate surface area is 166 Å². The van der Waals surface area contributed by atoms with Crippen LogP contribution in [0.1, 0.15) is 21.7 Å². The zero-order valence-corrected chi connectivity index (χ0v) is 15.5. The number of benzene rings is 1. The van der Waals surface area contributed by atoms with Crippen LogP contribution >= 0.6 is 0 Å². The van der Waals surface area contributed by atoms with Crippen molar-refractivity contribution in [3.05, 3.63) is 65.1 Å². The van der Waals surface area contributed by atoms with Crippen molar-refractivity contribution in [2.75, 3.05) is 6.61 Å². The van der Waals surface area contributed by atoms with Gasteiger partial charge in [0, 0.05) is 6.20 Å². The molecular formula is C19H16F5N3O3. The van der Waals surface area contributed by atoms with E-state index in [1.165, 1.54) is 35.7 Å². The van der Waals surface area contributed by atoms with Crippen LogP contribution in [0.15, 0.2) is 36.5 Å². The molecule has 160 valence electrons. The van der Waals surface area contributed by atoms with Gasteiger partial charge in [0.15, 0.2) is 11.4 Å². The number of aryl methyl sites for hydroxylation is 1. The van der Waals surface area contributed by atoms with Gasteiger partial charge in [0.25, 0.3) is 5.91 Å². The predicted octanol–water partition coefficient (Wildman–Crippen LogP) is 3.15. The Bertz CT molecular complexity index is 1060. The highest BCUT2D eigenvalue weighted by molar-refractivity contribution is 5.95. The van der Waals surface area contributed by atoms with Crippen molar-refractivity contribution in [3.8, 4) is 5.75 Å². The molecule has 0 aliphatic heterocycles. The normalized spacial score (nSPS) is 12.8. The van der Waals surface area contributed by atoms with Gasteiger partial charge in [-0.25, -0.2) is 13.8 Å². The van der Waals surface area contributed by atoms with Crippen molar-refractivity contribution in [1.82, 2.24) is 14.7 Å². The van der Waals surface area contributed by atoms with E-state index in [2.05, 4.69) is 4.98 Å². The fourth-order valence-corrected chi connectivity index (χ4v) is 2.82. The molecule has 1 unspecified atom stereocenters. The third-order valence-corrected chi connectivity index (χ3v) is 4.32. The maximum Gasteiger partial charge on any atom is 0.410 e. The van der Waals surface area contributed by atoms with Crippen LogP contribution in [0.3, 0.4) is 0 Å². The fourth-order valence-electron chi connectivity index (χ4n) is 2.82. The summed E-state index contributed by atoms with van der Waals surface area (Å²) in [4.78, 5) is 16.5. The maximum atomic E-state index is 13.8. The van der Waals surface area contributed by atoms with Crippen LogP contribution in [0.25, 0.3) is 5.65 Å². The quantitative estimate of drug-likeness (QED) is 0.591. The van der Waals surface area contributed by atoms with Gasteiger partial charge in [-0.2, -0.15) is 13.2 Å². The van der Waals surface area contributed by atoms with Gasteiger partial charge in [-0.05, 0) is 31.2 Å². The molecule has 3 aromatic rings. The molecule has 30 heavy (non-hydrogen) atoms. The van der Waals surface area contributed by atoms with E-state index in [9.17, 15) is 26.7 Å². The van der Waals surface area contributed by atoms with E-state index >= 15 is 0 Å². The molecule has 0 saturated heterocycles. The molecule has 6 nitrogen and oxygen atoms in total. The molecule has 0 saturated carbocycles. The molecule has 0 aliphatic rings. The van der Waals surface area contributed by atoms with Gasteiger partial charge in [-0.3, -0.25) is 9.20 Å². The number of rotatable bonds is 6. The topological polar surface area (TPSA) is 75.9 Å². The first kappa shape index (κ1) is 21.5. The minimum absolute atomic E-state index is 0.0665. The van der Waals surface area contributed by atoms with Crippen molar-refractivity contribution in [3.63, 3.8) is 0 Å². The summed E-state index contributed by atoms with van der Waals surface area (Å²) in [6.07, 6.45) is -3.46. The monoisotopic (exact) mass is 429 g/mol. The number of ether oxygens (including phenoxy) is 1. The largest absolute Gasteiger partial charge is 0.485 e. The van der Waals surface area contributed by atoms with Crippen molar-refractivity contribution in [2.45, 2.75) is 25.7 Å². The molecule has 1 aromatic carbocycles. The molecule has 11 heteroatoms. The minimum Gasteiger partial charge on any atom is -0.485 e. The molecule has 2 N–H and O–H groups in total. The van der Waals surface area contributed by atoms with E-state index in [1.807, 2.05) is 0 Å². The summed E-state index contributed by atoms with van der Waals surface area (Å²) in [6.45, 7) is -0.385. The summed E-state index contributed by atoms with van der Waals surface area (Å²) in [7, 11) is 0. The number of pyridine rings is 1. The smallest absolute Gasteiger partial charge is 0.410 e. The third kappa shape index (κ3) is 4.20. The highest BCUT2D eigenvalue weighted by Gasteiger charge is 2.41. The van der Waals surface area contributed by atoms with E-state index in [-0.39, 0.29) is 28.3 Å². The average molecular weight is 429 g/mol. The van der Waals surface area contributed by atoms with Gasteiger partial charge >= 0.3 is 6.18 Å². The van der Waals surface area contributed by atoms with Crippen LogP contribution < -0.4 is 10.1 Å². The van der Waals surface area contributed by atoms with Crippen LogP contribution in [-0.2, 0) is 6.61 Å². The lowest BCUT2D eigenvalue weighted by Gasteiger charge is -2.19. The number of aliphatic hydroxyl groups excluding tert-OH is 1. The molecule has 0 spiro atoms. The Kier molecular flexibility index (Phi) is 5.92. The van der Waals surface area contributed by atoms with Crippen LogP contribution in [0.2, 0.25) is 0 Å². The second-order valence-corrected chi connectivity index (χ2v) is 6.35. The molecule has 0 radical (unpaired) electrons. The molecule has 0 aliphatic carbocycles. The van der Waals surface area contributed by atoms with Gasteiger partial charge in [0.2, 0.25) is 0 Å². The van der Waals surface area contributed by atoms with E-state index in [1.54, 1.807) is 5.32 Å². The number of hydrogen-bond donors (Lipinski definition) is 2. The highest BCUT2D eigenvalue weighted by atomic mass is 19.4. The van der Waals surface area contributed by atoms with Crippen molar-refractivity contribution >= 4 is 11.6 Å². The van der Waals surface area contributed by atoms with Gasteiger partial charge in [0.1, 0.15) is 30.0 Å². The van der Waals surface area contributed by atoms with E-state index in [4.69, 9.17) is 9.84 Å². The number of carbonyl (C=O) groups is 1. The second kappa shape index (κ2) is 8.27. The fraction of sp³-hybridized carbons (Fsp3) is 0.263. The number of aliphatic hydroxyl groups is 1. The Morgan fingerprint density at radius 1 is 1.23 bits per heavy atom. The van der Waals surface area contributed by atoms with E-state index < -0.39 is 43.0 Å². The molecule has 3 rings (SSSR count). The number of amides is 1. The molecule has 1 atom stereocenters. The van der Waals surface area contributed by atoms with Crippen molar-refractivity contribution in [2.24, 2.45) is 0 Å². The standard InChI is InChI=1S/C19H16F5N3O3/c1-10-16(18(29)26-15(8-28)19(22,23)24)27-7-3-6-14(17(27)25-10)30-9-11-12(20)4-2-5-13(11)21/h2-7,15,28H,8-9H2,1H3,(H,26,29). The summed E-state index contributed by atoms with van der Waals surface area (Å²) in [5, 5.41) is 10.6.